The first-order valence-corrected chi connectivity index (χ1v) is 9.21. The maximum atomic E-state index is 12.9. The zero-order valence-electron chi connectivity index (χ0n) is 11.8. The van der Waals surface area contributed by atoms with Crippen molar-refractivity contribution in [3.8, 4) is 0 Å². The van der Waals surface area contributed by atoms with Crippen molar-refractivity contribution >= 4 is 10.0 Å². The predicted octanol–water partition coefficient (Wildman–Crippen LogP) is 2.15. The molecule has 3 aliphatic rings. The van der Waals surface area contributed by atoms with Gasteiger partial charge in [0.2, 0.25) is 10.0 Å². The fourth-order valence-corrected chi connectivity index (χ4v) is 6.63. The SMILES string of the molecule is C[C@@H]1C[C@H]2CCCC[C@H]2N1S(=O)(=O)C1CCOCC1. The first kappa shape index (κ1) is 13.8. The van der Waals surface area contributed by atoms with Crippen LogP contribution < -0.4 is 0 Å². The number of fused-ring (bicyclic) bond motifs is 1. The summed E-state index contributed by atoms with van der Waals surface area (Å²) in [6, 6.07) is 0.484. The number of ether oxygens (including phenoxy) is 1. The average Bonchev–Trinajstić information content (AvgIpc) is 2.76. The number of sulfonamides is 1. The molecule has 0 aromatic rings. The number of hydrogen-bond donors (Lipinski definition) is 0. The molecule has 4 nitrogen and oxygen atoms in total. The van der Waals surface area contributed by atoms with Crippen LogP contribution in [0.2, 0.25) is 0 Å². The van der Waals surface area contributed by atoms with Crippen LogP contribution >= 0.6 is 0 Å². The van der Waals surface area contributed by atoms with E-state index < -0.39 is 10.0 Å². The summed E-state index contributed by atoms with van der Waals surface area (Å²) in [5, 5.41) is -0.204. The van der Waals surface area contributed by atoms with Gasteiger partial charge in [-0.3, -0.25) is 0 Å². The van der Waals surface area contributed by atoms with Crippen LogP contribution in [0, 0.1) is 5.92 Å². The molecule has 2 aliphatic heterocycles. The van der Waals surface area contributed by atoms with Gasteiger partial charge in [-0.05, 0) is 44.9 Å². The van der Waals surface area contributed by atoms with Crippen LogP contribution in [0.4, 0.5) is 0 Å². The Hall–Kier alpha value is -0.130. The van der Waals surface area contributed by atoms with Gasteiger partial charge in [-0.25, -0.2) is 8.42 Å². The first-order chi connectivity index (χ1) is 9.10. The van der Waals surface area contributed by atoms with Crippen molar-refractivity contribution in [3.63, 3.8) is 0 Å². The van der Waals surface area contributed by atoms with E-state index in [9.17, 15) is 8.42 Å². The molecule has 0 spiro atoms. The van der Waals surface area contributed by atoms with Crippen molar-refractivity contribution in [1.82, 2.24) is 4.31 Å². The zero-order valence-corrected chi connectivity index (χ0v) is 12.6. The van der Waals surface area contributed by atoms with Gasteiger partial charge in [-0.15, -0.1) is 0 Å². The Bertz CT molecular complexity index is 416. The molecular weight excluding hydrogens is 262 g/mol. The molecule has 2 heterocycles. The Morgan fingerprint density at radius 3 is 2.47 bits per heavy atom. The minimum Gasteiger partial charge on any atom is -0.381 e. The lowest BCUT2D eigenvalue weighted by Gasteiger charge is -2.35. The van der Waals surface area contributed by atoms with Gasteiger partial charge in [0.15, 0.2) is 0 Å². The summed E-state index contributed by atoms with van der Waals surface area (Å²) in [6.07, 6.45) is 7.15. The fraction of sp³-hybridized carbons (Fsp3) is 1.00. The van der Waals surface area contributed by atoms with Crippen LogP contribution in [-0.2, 0) is 14.8 Å². The van der Waals surface area contributed by atoms with E-state index in [1.165, 1.54) is 19.3 Å². The Kier molecular flexibility index (Phi) is 3.89. The van der Waals surface area contributed by atoms with E-state index in [0.29, 0.717) is 32.0 Å². The molecule has 0 aromatic carbocycles. The van der Waals surface area contributed by atoms with E-state index in [1.54, 1.807) is 0 Å². The minimum atomic E-state index is -3.13. The molecule has 2 saturated heterocycles. The molecule has 0 radical (unpaired) electrons. The third-order valence-corrected chi connectivity index (χ3v) is 7.69. The van der Waals surface area contributed by atoms with E-state index in [-0.39, 0.29) is 17.3 Å². The summed E-state index contributed by atoms with van der Waals surface area (Å²) in [5.74, 6) is 0.610. The van der Waals surface area contributed by atoms with Crippen molar-refractivity contribution < 1.29 is 13.2 Å². The summed E-state index contributed by atoms with van der Waals surface area (Å²) < 4.78 is 33.1. The minimum absolute atomic E-state index is 0.195. The lowest BCUT2D eigenvalue weighted by Crippen LogP contribution is -2.48. The van der Waals surface area contributed by atoms with Gasteiger partial charge < -0.3 is 4.74 Å². The monoisotopic (exact) mass is 287 g/mol. The second kappa shape index (κ2) is 5.34. The second-order valence-electron chi connectivity index (χ2n) is 6.38. The maximum Gasteiger partial charge on any atom is 0.217 e. The molecular formula is C14H25NO3S. The Morgan fingerprint density at radius 2 is 1.74 bits per heavy atom. The van der Waals surface area contributed by atoms with Crippen LogP contribution in [0.1, 0.15) is 51.9 Å². The summed E-state index contributed by atoms with van der Waals surface area (Å²) in [4.78, 5) is 0. The molecule has 1 aliphatic carbocycles. The summed E-state index contributed by atoms with van der Waals surface area (Å²) in [6.45, 7) is 3.29. The lowest BCUT2D eigenvalue weighted by molar-refractivity contribution is 0.0964. The Labute approximate surface area is 116 Å². The van der Waals surface area contributed by atoms with Gasteiger partial charge in [-0.2, -0.15) is 4.31 Å². The van der Waals surface area contributed by atoms with Crippen LogP contribution in [0.15, 0.2) is 0 Å². The molecule has 110 valence electrons. The quantitative estimate of drug-likeness (QED) is 0.782. The smallest absolute Gasteiger partial charge is 0.217 e. The molecule has 0 N–H and O–H groups in total. The third-order valence-electron chi connectivity index (χ3n) is 5.16. The molecule has 1 saturated carbocycles. The number of rotatable bonds is 2. The highest BCUT2D eigenvalue weighted by atomic mass is 32.2. The van der Waals surface area contributed by atoms with E-state index in [4.69, 9.17) is 4.74 Å². The zero-order chi connectivity index (χ0) is 13.5. The standard InChI is InChI=1S/C14H25NO3S/c1-11-10-12-4-2-3-5-14(12)15(11)19(16,17)13-6-8-18-9-7-13/h11-14H,2-10H2,1H3/t11-,12-,14-/m1/s1. The van der Waals surface area contributed by atoms with Gasteiger partial charge in [0.05, 0.1) is 5.25 Å². The molecule has 3 fully saturated rings. The largest absolute Gasteiger partial charge is 0.381 e. The highest BCUT2D eigenvalue weighted by Gasteiger charge is 2.48. The van der Waals surface area contributed by atoms with Crippen molar-refractivity contribution in [2.75, 3.05) is 13.2 Å². The van der Waals surface area contributed by atoms with Gasteiger partial charge in [-0.1, -0.05) is 12.8 Å². The van der Waals surface area contributed by atoms with Gasteiger partial charge >= 0.3 is 0 Å². The van der Waals surface area contributed by atoms with E-state index in [2.05, 4.69) is 6.92 Å². The Morgan fingerprint density at radius 1 is 1.05 bits per heavy atom. The van der Waals surface area contributed by atoms with Gasteiger partial charge in [0, 0.05) is 25.3 Å². The molecule has 19 heavy (non-hydrogen) atoms. The molecule has 0 bridgehead atoms. The van der Waals surface area contributed by atoms with Crippen molar-refractivity contribution in [2.24, 2.45) is 5.92 Å². The van der Waals surface area contributed by atoms with Crippen LogP contribution in [0.3, 0.4) is 0 Å². The highest BCUT2D eigenvalue weighted by Crippen LogP contribution is 2.42. The second-order valence-corrected chi connectivity index (χ2v) is 8.50. The topological polar surface area (TPSA) is 46.6 Å². The van der Waals surface area contributed by atoms with Crippen molar-refractivity contribution in [1.29, 1.82) is 0 Å². The molecule has 0 amide bonds. The Balaban J connectivity index is 1.82. The average molecular weight is 287 g/mol. The highest BCUT2D eigenvalue weighted by molar-refractivity contribution is 7.89. The molecule has 0 aromatic heterocycles. The lowest BCUT2D eigenvalue weighted by atomic mass is 9.85. The summed E-state index contributed by atoms with van der Waals surface area (Å²) >= 11 is 0. The van der Waals surface area contributed by atoms with Gasteiger partial charge in [0.1, 0.15) is 0 Å². The fourth-order valence-electron chi connectivity index (χ4n) is 4.25. The van der Waals surface area contributed by atoms with E-state index in [0.717, 1.165) is 12.8 Å². The molecule has 5 heteroatoms. The van der Waals surface area contributed by atoms with Crippen molar-refractivity contribution in [2.45, 2.75) is 69.2 Å². The summed E-state index contributed by atoms with van der Waals surface area (Å²) in [5.41, 5.74) is 0. The first-order valence-electron chi connectivity index (χ1n) is 7.71. The molecule has 0 unspecified atom stereocenters. The predicted molar refractivity (Wildman–Crippen MR) is 74.4 cm³/mol. The van der Waals surface area contributed by atoms with Gasteiger partial charge in [0.25, 0.3) is 0 Å². The van der Waals surface area contributed by atoms with Crippen LogP contribution in [0.5, 0.6) is 0 Å². The molecule has 3 rings (SSSR count). The van der Waals surface area contributed by atoms with Crippen LogP contribution in [-0.4, -0.2) is 43.3 Å². The molecule has 3 atom stereocenters. The van der Waals surface area contributed by atoms with E-state index >= 15 is 0 Å². The van der Waals surface area contributed by atoms with E-state index in [1.807, 2.05) is 4.31 Å². The van der Waals surface area contributed by atoms with Crippen molar-refractivity contribution in [3.05, 3.63) is 0 Å². The normalized spacial score (nSPS) is 38.3. The van der Waals surface area contributed by atoms with Crippen LogP contribution in [0.25, 0.3) is 0 Å². The number of hydrogen-bond acceptors (Lipinski definition) is 3. The third kappa shape index (κ3) is 2.45. The number of nitrogens with zero attached hydrogens (tertiary/aromatic N) is 1. The summed E-state index contributed by atoms with van der Waals surface area (Å²) in [7, 11) is -3.13. The maximum absolute atomic E-state index is 12.9.